The average molecular weight is 298 g/mol. The lowest BCUT2D eigenvalue weighted by Crippen LogP contribution is -2.01. The van der Waals surface area contributed by atoms with E-state index in [-0.39, 0.29) is 12.6 Å². The monoisotopic (exact) mass is 298 g/mol. The first-order chi connectivity index (χ1) is 9.99. The Morgan fingerprint density at radius 2 is 1.10 bits per heavy atom. The predicted molar refractivity (Wildman–Crippen MR) is 63.6 cm³/mol. The molecular formula is C14H6F4O3. The first-order valence-corrected chi connectivity index (χ1v) is 5.53. The van der Waals surface area contributed by atoms with Crippen molar-refractivity contribution in [2.24, 2.45) is 0 Å². The minimum Gasteiger partial charge on any atom is -0.451 e. The molecule has 2 aromatic carbocycles. The number of carbonyl (C=O) groups excluding carboxylic acids is 2. The fraction of sp³-hybridized carbons (Fsp3) is 0. The summed E-state index contributed by atoms with van der Waals surface area (Å²) in [6.45, 7) is 0. The molecular weight excluding hydrogens is 292 g/mol. The Morgan fingerprint density at radius 1 is 0.714 bits per heavy atom. The Balaban J connectivity index is 2.49. The van der Waals surface area contributed by atoms with Gasteiger partial charge in [-0.15, -0.1) is 0 Å². The molecule has 3 nitrogen and oxygen atoms in total. The lowest BCUT2D eigenvalue weighted by molar-refractivity contribution is 0.110. The van der Waals surface area contributed by atoms with Gasteiger partial charge in [0.05, 0.1) is 11.1 Å². The fourth-order valence-corrected chi connectivity index (χ4v) is 1.59. The summed E-state index contributed by atoms with van der Waals surface area (Å²) in [5, 5.41) is 0. The maximum absolute atomic E-state index is 13.8. The van der Waals surface area contributed by atoms with Crippen molar-refractivity contribution in [2.45, 2.75) is 0 Å². The van der Waals surface area contributed by atoms with Crippen LogP contribution < -0.4 is 4.74 Å². The molecule has 2 rings (SSSR count). The molecule has 0 aliphatic rings. The number of aldehydes is 2. The third-order valence-electron chi connectivity index (χ3n) is 2.64. The largest absolute Gasteiger partial charge is 0.451 e. The summed E-state index contributed by atoms with van der Waals surface area (Å²) >= 11 is 0. The molecule has 0 N–H and O–H groups in total. The van der Waals surface area contributed by atoms with Crippen molar-refractivity contribution >= 4 is 12.6 Å². The average Bonchev–Trinajstić information content (AvgIpc) is 2.45. The van der Waals surface area contributed by atoms with E-state index in [9.17, 15) is 27.2 Å². The summed E-state index contributed by atoms with van der Waals surface area (Å²) in [6, 6.07) is 3.18. The van der Waals surface area contributed by atoms with E-state index in [1.807, 2.05) is 0 Å². The number of benzene rings is 2. The van der Waals surface area contributed by atoms with Gasteiger partial charge in [0, 0.05) is 0 Å². The number of hydrogen-bond acceptors (Lipinski definition) is 3. The molecule has 0 aromatic heterocycles. The summed E-state index contributed by atoms with van der Waals surface area (Å²) in [7, 11) is 0. The van der Waals surface area contributed by atoms with Crippen molar-refractivity contribution in [3.05, 3.63) is 58.7 Å². The summed E-state index contributed by atoms with van der Waals surface area (Å²) in [5.74, 6) is -6.16. The normalized spacial score (nSPS) is 10.3. The van der Waals surface area contributed by atoms with Crippen LogP contribution in [0.15, 0.2) is 24.3 Å². The van der Waals surface area contributed by atoms with Gasteiger partial charge in [-0.3, -0.25) is 9.59 Å². The molecule has 0 saturated heterocycles. The van der Waals surface area contributed by atoms with Crippen molar-refractivity contribution < 1.29 is 31.9 Å². The van der Waals surface area contributed by atoms with Gasteiger partial charge in [0.1, 0.15) is 11.6 Å². The molecule has 0 radical (unpaired) electrons. The maximum atomic E-state index is 13.8. The van der Waals surface area contributed by atoms with Gasteiger partial charge >= 0.3 is 0 Å². The highest BCUT2D eigenvalue weighted by Crippen LogP contribution is 2.30. The molecule has 0 bridgehead atoms. The molecule has 108 valence electrons. The lowest BCUT2D eigenvalue weighted by atomic mass is 10.2. The first-order valence-electron chi connectivity index (χ1n) is 5.53. The third kappa shape index (κ3) is 2.62. The number of halogens is 4. The standard InChI is InChI=1S/C14H6F4O3/c15-9-1-3-11(13(17)7(9)5-19)21-12-4-2-10(16)8(6-20)14(12)18/h1-6H. The van der Waals surface area contributed by atoms with Gasteiger partial charge in [0.15, 0.2) is 35.7 Å². The number of carbonyl (C=O) groups is 2. The summed E-state index contributed by atoms with van der Waals surface area (Å²) < 4.78 is 58.6. The highest BCUT2D eigenvalue weighted by atomic mass is 19.1. The Labute approximate surface area is 115 Å². The van der Waals surface area contributed by atoms with E-state index >= 15 is 0 Å². The molecule has 0 amide bonds. The molecule has 0 unspecified atom stereocenters. The van der Waals surface area contributed by atoms with Crippen molar-refractivity contribution in [2.75, 3.05) is 0 Å². The molecule has 7 heteroatoms. The van der Waals surface area contributed by atoms with E-state index in [2.05, 4.69) is 0 Å². The van der Waals surface area contributed by atoms with Gasteiger partial charge < -0.3 is 4.74 Å². The third-order valence-corrected chi connectivity index (χ3v) is 2.64. The molecule has 0 saturated carbocycles. The summed E-state index contributed by atoms with van der Waals surface area (Å²) in [4.78, 5) is 21.1. The second kappa shape index (κ2) is 5.74. The van der Waals surface area contributed by atoms with Gasteiger partial charge in [0.2, 0.25) is 0 Å². The van der Waals surface area contributed by atoms with Crippen LogP contribution in [-0.4, -0.2) is 12.6 Å². The molecule has 0 aliphatic carbocycles. The smallest absolute Gasteiger partial charge is 0.179 e. The number of ether oxygens (including phenoxy) is 1. The second-order valence-electron chi connectivity index (χ2n) is 3.88. The van der Waals surface area contributed by atoms with Crippen LogP contribution in [-0.2, 0) is 0 Å². The minimum absolute atomic E-state index is 0.0601. The van der Waals surface area contributed by atoms with E-state index in [0.29, 0.717) is 0 Å². The van der Waals surface area contributed by atoms with Gasteiger partial charge in [0.25, 0.3) is 0 Å². The molecule has 0 fully saturated rings. The van der Waals surface area contributed by atoms with Gasteiger partial charge in [-0.05, 0) is 24.3 Å². The Kier molecular flexibility index (Phi) is 4.02. The second-order valence-corrected chi connectivity index (χ2v) is 3.88. The van der Waals surface area contributed by atoms with Crippen molar-refractivity contribution in [1.82, 2.24) is 0 Å². The predicted octanol–water partition coefficient (Wildman–Crippen LogP) is 3.66. The Morgan fingerprint density at radius 3 is 1.43 bits per heavy atom. The molecule has 0 aliphatic heterocycles. The van der Waals surface area contributed by atoms with Crippen LogP contribution in [0.4, 0.5) is 17.6 Å². The molecule has 2 aromatic rings. The van der Waals surface area contributed by atoms with Crippen LogP contribution in [0.1, 0.15) is 20.7 Å². The number of hydrogen-bond donors (Lipinski definition) is 0. The van der Waals surface area contributed by atoms with Crippen molar-refractivity contribution in [3.8, 4) is 11.5 Å². The molecule has 0 heterocycles. The Hall–Kier alpha value is -2.70. The zero-order valence-corrected chi connectivity index (χ0v) is 10.2. The van der Waals surface area contributed by atoms with E-state index < -0.39 is 45.9 Å². The molecule has 21 heavy (non-hydrogen) atoms. The zero-order chi connectivity index (χ0) is 15.6. The minimum atomic E-state index is -1.33. The van der Waals surface area contributed by atoms with Crippen LogP contribution in [0.3, 0.4) is 0 Å². The first kappa shape index (κ1) is 14.7. The van der Waals surface area contributed by atoms with Crippen LogP contribution in [0.25, 0.3) is 0 Å². The van der Waals surface area contributed by atoms with Crippen molar-refractivity contribution in [3.63, 3.8) is 0 Å². The van der Waals surface area contributed by atoms with Gasteiger partial charge in [-0.2, -0.15) is 0 Å². The Bertz CT molecular complexity index is 667. The van der Waals surface area contributed by atoms with Gasteiger partial charge in [-0.1, -0.05) is 0 Å². The number of rotatable bonds is 4. The van der Waals surface area contributed by atoms with Crippen LogP contribution >= 0.6 is 0 Å². The topological polar surface area (TPSA) is 43.4 Å². The highest BCUT2D eigenvalue weighted by Gasteiger charge is 2.18. The van der Waals surface area contributed by atoms with Crippen LogP contribution in [0.2, 0.25) is 0 Å². The van der Waals surface area contributed by atoms with Gasteiger partial charge in [-0.25, -0.2) is 17.6 Å². The summed E-state index contributed by atoms with van der Waals surface area (Å²) in [5.41, 5.74) is -1.77. The maximum Gasteiger partial charge on any atom is 0.179 e. The van der Waals surface area contributed by atoms with Crippen LogP contribution in [0.5, 0.6) is 11.5 Å². The highest BCUT2D eigenvalue weighted by molar-refractivity contribution is 5.77. The van der Waals surface area contributed by atoms with E-state index in [0.717, 1.165) is 24.3 Å². The molecule has 0 atom stereocenters. The van der Waals surface area contributed by atoms with Crippen LogP contribution in [0, 0.1) is 23.3 Å². The van der Waals surface area contributed by atoms with E-state index in [4.69, 9.17) is 4.74 Å². The zero-order valence-electron chi connectivity index (χ0n) is 10.2. The summed E-state index contributed by atoms with van der Waals surface area (Å²) in [6.07, 6.45) is -0.120. The van der Waals surface area contributed by atoms with Crippen molar-refractivity contribution in [1.29, 1.82) is 0 Å². The lowest BCUT2D eigenvalue weighted by Gasteiger charge is -2.10. The fourth-order valence-electron chi connectivity index (χ4n) is 1.59. The quantitative estimate of drug-likeness (QED) is 0.639. The SMILES string of the molecule is O=Cc1c(F)ccc(Oc2ccc(F)c(C=O)c2F)c1F. The molecule has 0 spiro atoms. The van der Waals surface area contributed by atoms with E-state index in [1.54, 1.807) is 0 Å². The van der Waals surface area contributed by atoms with E-state index in [1.165, 1.54) is 0 Å².